The largest absolute Gasteiger partial charge is 0.356 e. The lowest BCUT2D eigenvalue weighted by molar-refractivity contribution is 0.105. The third-order valence-corrected chi connectivity index (χ3v) is 6.59. The number of aromatic nitrogens is 2. The van der Waals surface area contributed by atoms with Crippen molar-refractivity contribution in [2.75, 3.05) is 13.6 Å². The van der Waals surface area contributed by atoms with E-state index in [1.54, 1.807) is 0 Å². The molecule has 138 valence electrons. The van der Waals surface area contributed by atoms with Crippen molar-refractivity contribution in [3.05, 3.63) is 17.5 Å². The Morgan fingerprint density at radius 3 is 2.76 bits per heavy atom. The van der Waals surface area contributed by atoms with E-state index in [1.807, 2.05) is 7.05 Å². The maximum Gasteiger partial charge on any atom is 0.191 e. The van der Waals surface area contributed by atoms with Gasteiger partial charge in [0.25, 0.3) is 0 Å². The fourth-order valence-electron chi connectivity index (χ4n) is 4.60. The molecule has 1 aromatic heterocycles. The highest BCUT2D eigenvalue weighted by Gasteiger charge is 2.48. The number of hydrogen-bond acceptors (Lipinski definition) is 2. The Bertz CT molecular complexity index is 637. The molecule has 3 aliphatic carbocycles. The number of fused-ring (bicyclic) bond motifs is 1. The molecule has 1 aromatic rings. The molecule has 5 nitrogen and oxygen atoms in total. The zero-order chi connectivity index (χ0) is 17.4. The molecule has 25 heavy (non-hydrogen) atoms. The zero-order valence-corrected chi connectivity index (χ0v) is 16.0. The number of guanidine groups is 1. The summed E-state index contributed by atoms with van der Waals surface area (Å²) in [6.07, 6.45) is 12.6. The van der Waals surface area contributed by atoms with Crippen molar-refractivity contribution < 1.29 is 0 Å². The maximum atomic E-state index is 4.79. The number of rotatable bonds is 5. The average Bonchev–Trinajstić information content (AvgIpc) is 3.31. The van der Waals surface area contributed by atoms with Crippen LogP contribution in [-0.2, 0) is 12.8 Å². The summed E-state index contributed by atoms with van der Waals surface area (Å²) in [7, 11) is 1.89. The molecule has 2 fully saturated rings. The quantitative estimate of drug-likeness (QED) is 0.638. The summed E-state index contributed by atoms with van der Waals surface area (Å²) in [6, 6.07) is 0.875. The average molecular weight is 344 g/mol. The molecule has 0 amide bonds. The van der Waals surface area contributed by atoms with E-state index in [9.17, 15) is 0 Å². The second-order valence-corrected chi connectivity index (χ2v) is 8.67. The van der Waals surface area contributed by atoms with Crippen LogP contribution in [0.3, 0.4) is 0 Å². The zero-order valence-electron chi connectivity index (χ0n) is 16.0. The molecule has 0 aliphatic heterocycles. The van der Waals surface area contributed by atoms with Crippen LogP contribution in [-0.4, -0.2) is 35.4 Å². The smallest absolute Gasteiger partial charge is 0.191 e. The van der Waals surface area contributed by atoms with Gasteiger partial charge in [-0.15, -0.1) is 0 Å². The van der Waals surface area contributed by atoms with E-state index in [4.69, 9.17) is 5.10 Å². The van der Waals surface area contributed by atoms with Crippen LogP contribution in [0, 0.1) is 11.3 Å². The molecule has 3 aliphatic rings. The summed E-state index contributed by atoms with van der Waals surface area (Å²) in [5.74, 6) is 1.95. The lowest BCUT2D eigenvalue weighted by atomic mass is 9.65. The van der Waals surface area contributed by atoms with Crippen LogP contribution in [0.25, 0.3) is 0 Å². The normalized spacial score (nSPS) is 25.4. The summed E-state index contributed by atoms with van der Waals surface area (Å²) in [4.78, 5) is 4.48. The van der Waals surface area contributed by atoms with Crippen LogP contribution in [0.2, 0.25) is 0 Å². The van der Waals surface area contributed by atoms with E-state index >= 15 is 0 Å². The summed E-state index contributed by atoms with van der Waals surface area (Å²) in [6.45, 7) is 5.48. The van der Waals surface area contributed by atoms with Gasteiger partial charge in [-0.05, 0) is 69.3 Å². The van der Waals surface area contributed by atoms with Gasteiger partial charge >= 0.3 is 0 Å². The fourth-order valence-corrected chi connectivity index (χ4v) is 4.60. The molecule has 0 saturated heterocycles. The van der Waals surface area contributed by atoms with Crippen molar-refractivity contribution in [3.8, 4) is 0 Å². The molecule has 5 heteroatoms. The first-order chi connectivity index (χ1) is 12.1. The number of aryl methyl sites for hydroxylation is 1. The van der Waals surface area contributed by atoms with Crippen LogP contribution in [0.1, 0.15) is 69.7 Å². The van der Waals surface area contributed by atoms with Crippen LogP contribution < -0.4 is 10.6 Å². The molecule has 0 radical (unpaired) electrons. The number of hydrogen-bond donors (Lipinski definition) is 2. The Labute approximate surface area is 151 Å². The molecule has 1 atom stereocenters. The van der Waals surface area contributed by atoms with Gasteiger partial charge in [0.1, 0.15) is 0 Å². The third kappa shape index (κ3) is 3.42. The number of nitrogens with zero attached hydrogens (tertiary/aromatic N) is 3. The second-order valence-electron chi connectivity index (χ2n) is 8.67. The van der Waals surface area contributed by atoms with E-state index in [-0.39, 0.29) is 0 Å². The van der Waals surface area contributed by atoms with Crippen molar-refractivity contribution in [1.82, 2.24) is 20.4 Å². The molecule has 2 N–H and O–H groups in total. The van der Waals surface area contributed by atoms with Gasteiger partial charge in [-0.2, -0.15) is 5.10 Å². The molecule has 4 rings (SSSR count). The summed E-state index contributed by atoms with van der Waals surface area (Å²) >= 11 is 0. The Morgan fingerprint density at radius 1 is 1.36 bits per heavy atom. The number of nitrogens with one attached hydrogen (secondary N) is 2. The predicted octanol–water partition coefficient (Wildman–Crippen LogP) is 3.07. The predicted molar refractivity (Wildman–Crippen MR) is 102 cm³/mol. The first kappa shape index (κ1) is 16.9. The standard InChI is InChI=1S/C20H33N5/c1-14(2)25-12-15-5-8-17(11-18(15)24-25)23-19(21-3)22-13-20(9-4-10-20)16-6-7-16/h12,14,16-17H,4-11,13H2,1-3H3,(H2,21,22,23). The van der Waals surface area contributed by atoms with E-state index in [0.717, 1.165) is 37.7 Å². The van der Waals surface area contributed by atoms with Crippen molar-refractivity contribution in [1.29, 1.82) is 0 Å². The summed E-state index contributed by atoms with van der Waals surface area (Å²) < 4.78 is 2.11. The first-order valence-corrected chi connectivity index (χ1v) is 10.1. The molecule has 0 bridgehead atoms. The highest BCUT2D eigenvalue weighted by molar-refractivity contribution is 5.80. The minimum absolute atomic E-state index is 0.437. The fraction of sp³-hybridized carbons (Fsp3) is 0.800. The van der Waals surface area contributed by atoms with Crippen LogP contribution in [0.4, 0.5) is 0 Å². The van der Waals surface area contributed by atoms with E-state index in [2.05, 4.69) is 40.4 Å². The molecule has 0 spiro atoms. The molecule has 0 aromatic carbocycles. The Balaban J connectivity index is 1.33. The van der Waals surface area contributed by atoms with Gasteiger partial charge in [0.2, 0.25) is 0 Å². The lowest BCUT2D eigenvalue weighted by Crippen LogP contribution is -2.50. The van der Waals surface area contributed by atoms with Crippen molar-refractivity contribution in [2.24, 2.45) is 16.3 Å². The molecular formula is C20H33N5. The monoisotopic (exact) mass is 343 g/mol. The maximum absolute atomic E-state index is 4.79. The van der Waals surface area contributed by atoms with Gasteiger partial charge < -0.3 is 10.6 Å². The third-order valence-electron chi connectivity index (χ3n) is 6.59. The summed E-state index contributed by atoms with van der Waals surface area (Å²) in [5.41, 5.74) is 3.27. The SMILES string of the molecule is CN=C(NCC1(C2CC2)CCC1)NC1CCc2cn(C(C)C)nc2C1. The minimum Gasteiger partial charge on any atom is -0.356 e. The van der Waals surface area contributed by atoms with Crippen LogP contribution in [0.5, 0.6) is 0 Å². The highest BCUT2D eigenvalue weighted by Crippen LogP contribution is 2.56. The first-order valence-electron chi connectivity index (χ1n) is 10.1. The van der Waals surface area contributed by atoms with E-state index < -0.39 is 0 Å². The Morgan fingerprint density at radius 2 is 2.16 bits per heavy atom. The van der Waals surface area contributed by atoms with Gasteiger partial charge in [0, 0.05) is 38.3 Å². The van der Waals surface area contributed by atoms with E-state index in [0.29, 0.717) is 17.5 Å². The van der Waals surface area contributed by atoms with Gasteiger partial charge in [-0.25, -0.2) is 0 Å². The minimum atomic E-state index is 0.437. The lowest BCUT2D eigenvalue weighted by Gasteiger charge is -2.43. The van der Waals surface area contributed by atoms with Gasteiger partial charge in [0.15, 0.2) is 5.96 Å². The Kier molecular flexibility index (Phi) is 4.50. The molecule has 2 saturated carbocycles. The van der Waals surface area contributed by atoms with Crippen molar-refractivity contribution in [3.63, 3.8) is 0 Å². The van der Waals surface area contributed by atoms with Crippen LogP contribution in [0.15, 0.2) is 11.2 Å². The van der Waals surface area contributed by atoms with Crippen molar-refractivity contribution in [2.45, 2.75) is 77.3 Å². The van der Waals surface area contributed by atoms with Crippen LogP contribution >= 0.6 is 0 Å². The highest BCUT2D eigenvalue weighted by atomic mass is 15.3. The second kappa shape index (κ2) is 6.65. The molecular weight excluding hydrogens is 310 g/mol. The van der Waals surface area contributed by atoms with Gasteiger partial charge in [-0.1, -0.05) is 6.42 Å². The molecule has 1 heterocycles. The van der Waals surface area contributed by atoms with Crippen molar-refractivity contribution >= 4 is 5.96 Å². The summed E-state index contributed by atoms with van der Waals surface area (Å²) in [5, 5.41) is 12.1. The number of aliphatic imine (C=N–C) groups is 1. The van der Waals surface area contributed by atoms with Gasteiger partial charge in [0.05, 0.1) is 5.69 Å². The molecule has 1 unspecified atom stereocenters. The van der Waals surface area contributed by atoms with E-state index in [1.165, 1.54) is 43.4 Å². The Hall–Kier alpha value is -1.52. The topological polar surface area (TPSA) is 54.2 Å². The van der Waals surface area contributed by atoms with Gasteiger partial charge in [-0.3, -0.25) is 9.67 Å².